The fourth-order valence-electron chi connectivity index (χ4n) is 0.875. The highest BCUT2D eigenvalue weighted by Crippen LogP contribution is 2.12. The summed E-state index contributed by atoms with van der Waals surface area (Å²) in [5.41, 5.74) is 3.03. The van der Waals surface area contributed by atoms with Gasteiger partial charge in [0.05, 0.1) is 17.8 Å². The van der Waals surface area contributed by atoms with Gasteiger partial charge in [-0.1, -0.05) is 0 Å². The van der Waals surface area contributed by atoms with Crippen molar-refractivity contribution in [3.63, 3.8) is 0 Å². The summed E-state index contributed by atoms with van der Waals surface area (Å²) >= 11 is 1.71. The molecule has 0 aliphatic rings. The fraction of sp³-hybridized carbons (Fsp3) is 0.625. The molecule has 1 heterocycles. The van der Waals surface area contributed by atoms with Gasteiger partial charge in [0, 0.05) is 17.9 Å². The summed E-state index contributed by atoms with van der Waals surface area (Å²) in [5.74, 6) is 0. The lowest BCUT2D eigenvalue weighted by Crippen LogP contribution is -1.97. The van der Waals surface area contributed by atoms with Crippen LogP contribution >= 0.6 is 11.3 Å². The summed E-state index contributed by atoms with van der Waals surface area (Å²) in [6.45, 7) is 5.68. The van der Waals surface area contributed by atoms with Crippen molar-refractivity contribution in [2.75, 3.05) is 13.2 Å². The molecule has 0 bridgehead atoms. The number of aromatic nitrogens is 1. The van der Waals surface area contributed by atoms with E-state index in [1.165, 1.54) is 4.88 Å². The molecular weight excluding hydrogens is 158 g/mol. The Morgan fingerprint density at radius 1 is 1.64 bits per heavy atom. The van der Waals surface area contributed by atoms with Crippen LogP contribution in [0.4, 0.5) is 0 Å². The van der Waals surface area contributed by atoms with Crippen LogP contribution in [-0.4, -0.2) is 18.2 Å². The molecule has 1 aromatic heterocycles. The normalized spacial score (nSPS) is 10.4. The number of thiazole rings is 1. The number of hydrogen-bond donors (Lipinski definition) is 0. The summed E-state index contributed by atoms with van der Waals surface area (Å²) in [4.78, 5) is 5.50. The van der Waals surface area contributed by atoms with Gasteiger partial charge in [-0.05, 0) is 13.8 Å². The first kappa shape index (κ1) is 8.68. The molecule has 1 rings (SSSR count). The standard InChI is InChI=1S/C8H13NOS/c1-3-10-5-4-8-7(2)9-6-11-8/h6H,3-5H2,1-2H3. The number of aryl methyl sites for hydroxylation is 1. The van der Waals surface area contributed by atoms with Crippen molar-refractivity contribution in [2.45, 2.75) is 20.3 Å². The van der Waals surface area contributed by atoms with Gasteiger partial charge in [0.1, 0.15) is 0 Å². The number of ether oxygens (including phenoxy) is 1. The van der Waals surface area contributed by atoms with Gasteiger partial charge in [-0.2, -0.15) is 0 Å². The number of hydrogen-bond acceptors (Lipinski definition) is 3. The third-order valence-corrected chi connectivity index (χ3v) is 2.52. The van der Waals surface area contributed by atoms with Crippen LogP contribution in [-0.2, 0) is 11.2 Å². The van der Waals surface area contributed by atoms with E-state index < -0.39 is 0 Å². The molecule has 3 heteroatoms. The van der Waals surface area contributed by atoms with Crippen molar-refractivity contribution in [3.8, 4) is 0 Å². The van der Waals surface area contributed by atoms with Gasteiger partial charge in [0.15, 0.2) is 0 Å². The van der Waals surface area contributed by atoms with E-state index >= 15 is 0 Å². The Bertz CT molecular complexity index is 210. The van der Waals surface area contributed by atoms with Crippen molar-refractivity contribution in [2.24, 2.45) is 0 Å². The highest BCUT2D eigenvalue weighted by atomic mass is 32.1. The molecule has 0 spiro atoms. The summed E-state index contributed by atoms with van der Waals surface area (Å²) in [6.07, 6.45) is 1.00. The zero-order valence-corrected chi connectivity index (χ0v) is 7.78. The van der Waals surface area contributed by atoms with E-state index in [4.69, 9.17) is 4.74 Å². The van der Waals surface area contributed by atoms with E-state index in [0.717, 1.165) is 25.3 Å². The minimum absolute atomic E-state index is 0.803. The maximum Gasteiger partial charge on any atom is 0.0797 e. The molecule has 0 aromatic carbocycles. The van der Waals surface area contributed by atoms with Crippen LogP contribution < -0.4 is 0 Å². The summed E-state index contributed by atoms with van der Waals surface area (Å²) in [5, 5.41) is 0. The van der Waals surface area contributed by atoms with E-state index in [0.29, 0.717) is 0 Å². The van der Waals surface area contributed by atoms with Crippen molar-refractivity contribution < 1.29 is 4.74 Å². The van der Waals surface area contributed by atoms with Gasteiger partial charge in [0.25, 0.3) is 0 Å². The average Bonchev–Trinajstić information content (AvgIpc) is 2.37. The molecule has 0 fully saturated rings. The van der Waals surface area contributed by atoms with Crippen LogP contribution in [0.2, 0.25) is 0 Å². The zero-order valence-electron chi connectivity index (χ0n) is 6.96. The second kappa shape index (κ2) is 4.46. The molecule has 1 aromatic rings. The Morgan fingerprint density at radius 3 is 3.00 bits per heavy atom. The molecule has 62 valence electrons. The number of nitrogens with zero attached hydrogens (tertiary/aromatic N) is 1. The lowest BCUT2D eigenvalue weighted by Gasteiger charge is -1.98. The van der Waals surface area contributed by atoms with E-state index in [9.17, 15) is 0 Å². The molecule has 0 amide bonds. The van der Waals surface area contributed by atoms with E-state index in [1.54, 1.807) is 11.3 Å². The third kappa shape index (κ3) is 2.60. The first-order valence-corrected chi connectivity index (χ1v) is 4.69. The SMILES string of the molecule is CCOCCc1scnc1C. The van der Waals surface area contributed by atoms with Gasteiger partial charge >= 0.3 is 0 Å². The topological polar surface area (TPSA) is 22.1 Å². The summed E-state index contributed by atoms with van der Waals surface area (Å²) in [7, 11) is 0. The zero-order chi connectivity index (χ0) is 8.10. The monoisotopic (exact) mass is 171 g/mol. The van der Waals surface area contributed by atoms with Crippen LogP contribution in [0.1, 0.15) is 17.5 Å². The molecule has 0 unspecified atom stereocenters. The van der Waals surface area contributed by atoms with Crippen LogP contribution in [0.15, 0.2) is 5.51 Å². The minimum Gasteiger partial charge on any atom is -0.381 e. The summed E-state index contributed by atoms with van der Waals surface area (Å²) in [6, 6.07) is 0. The first-order valence-electron chi connectivity index (χ1n) is 3.81. The fourth-order valence-corrected chi connectivity index (χ4v) is 1.64. The van der Waals surface area contributed by atoms with Crippen LogP contribution in [0.25, 0.3) is 0 Å². The lowest BCUT2D eigenvalue weighted by molar-refractivity contribution is 0.151. The van der Waals surface area contributed by atoms with Gasteiger partial charge in [-0.3, -0.25) is 0 Å². The molecule has 2 nitrogen and oxygen atoms in total. The Morgan fingerprint density at radius 2 is 2.45 bits per heavy atom. The smallest absolute Gasteiger partial charge is 0.0797 e. The highest BCUT2D eigenvalue weighted by molar-refractivity contribution is 7.09. The highest BCUT2D eigenvalue weighted by Gasteiger charge is 1.99. The molecular formula is C8H13NOS. The Kier molecular flexibility index (Phi) is 3.52. The predicted molar refractivity (Wildman–Crippen MR) is 47.0 cm³/mol. The van der Waals surface area contributed by atoms with Crippen molar-refractivity contribution >= 4 is 11.3 Å². The maximum atomic E-state index is 5.24. The maximum absolute atomic E-state index is 5.24. The van der Waals surface area contributed by atoms with Crippen LogP contribution in [0, 0.1) is 6.92 Å². The number of rotatable bonds is 4. The van der Waals surface area contributed by atoms with Gasteiger partial charge in [0.2, 0.25) is 0 Å². The van der Waals surface area contributed by atoms with Crippen molar-refractivity contribution in [1.82, 2.24) is 4.98 Å². The molecule has 0 aliphatic carbocycles. The van der Waals surface area contributed by atoms with Crippen molar-refractivity contribution in [1.29, 1.82) is 0 Å². The van der Waals surface area contributed by atoms with Crippen LogP contribution in [0.5, 0.6) is 0 Å². The lowest BCUT2D eigenvalue weighted by atomic mass is 10.3. The quantitative estimate of drug-likeness (QED) is 0.647. The molecule has 0 atom stereocenters. The third-order valence-electron chi connectivity index (χ3n) is 1.52. The van der Waals surface area contributed by atoms with Gasteiger partial charge < -0.3 is 4.74 Å². The van der Waals surface area contributed by atoms with E-state index in [1.807, 2.05) is 19.4 Å². The average molecular weight is 171 g/mol. The first-order chi connectivity index (χ1) is 5.34. The minimum atomic E-state index is 0.803. The largest absolute Gasteiger partial charge is 0.381 e. The Labute approximate surface area is 71.2 Å². The summed E-state index contributed by atoms with van der Waals surface area (Å²) < 4.78 is 5.24. The molecule has 0 saturated heterocycles. The Balaban J connectivity index is 2.32. The van der Waals surface area contributed by atoms with E-state index in [2.05, 4.69) is 4.98 Å². The van der Waals surface area contributed by atoms with Crippen molar-refractivity contribution in [3.05, 3.63) is 16.1 Å². The Hall–Kier alpha value is -0.410. The molecule has 0 radical (unpaired) electrons. The van der Waals surface area contributed by atoms with Gasteiger partial charge in [-0.15, -0.1) is 11.3 Å². The predicted octanol–water partition coefficient (Wildman–Crippen LogP) is 2.03. The molecule has 11 heavy (non-hydrogen) atoms. The second-order valence-corrected chi connectivity index (χ2v) is 3.25. The van der Waals surface area contributed by atoms with Crippen LogP contribution in [0.3, 0.4) is 0 Å². The van der Waals surface area contributed by atoms with Gasteiger partial charge in [-0.25, -0.2) is 4.98 Å². The van der Waals surface area contributed by atoms with E-state index in [-0.39, 0.29) is 0 Å². The molecule has 0 saturated carbocycles. The second-order valence-electron chi connectivity index (χ2n) is 2.31. The molecule has 0 aliphatic heterocycles. The molecule has 0 N–H and O–H groups in total.